The maximum Gasteiger partial charge on any atom is 0.263 e. The molecule has 1 aromatic heterocycles. The van der Waals surface area contributed by atoms with Crippen molar-refractivity contribution in [3.63, 3.8) is 0 Å². The standard InChI is InChI=1S/C25H29N3O4/c1-16(29)27-12-10-20-18(14-27)15-28(11-9-17-5-3-2-4-6-17)25(31)23(20)24(30)26-21-13-19-7-8-22(21)32-19/h2-6,15,19,21-22H,7-14H2,1H3,(H,26,30)/t19-,21+,22+/m0/s1. The van der Waals surface area contributed by atoms with Gasteiger partial charge in [0.25, 0.3) is 11.5 Å². The average Bonchev–Trinajstić information content (AvgIpc) is 3.41. The molecule has 7 nitrogen and oxygen atoms in total. The van der Waals surface area contributed by atoms with Gasteiger partial charge in [-0.25, -0.2) is 0 Å². The lowest BCUT2D eigenvalue weighted by Gasteiger charge is -2.30. The van der Waals surface area contributed by atoms with Gasteiger partial charge in [-0.15, -0.1) is 0 Å². The van der Waals surface area contributed by atoms with Gasteiger partial charge in [-0.3, -0.25) is 14.4 Å². The zero-order chi connectivity index (χ0) is 22.2. The monoisotopic (exact) mass is 435 g/mol. The summed E-state index contributed by atoms with van der Waals surface area (Å²) in [6, 6.07) is 9.95. The third-order valence-corrected chi connectivity index (χ3v) is 7.05. The molecule has 32 heavy (non-hydrogen) atoms. The van der Waals surface area contributed by atoms with Crippen LogP contribution in [0.5, 0.6) is 0 Å². The number of ether oxygens (including phenoxy) is 1. The highest BCUT2D eigenvalue weighted by atomic mass is 16.5. The molecule has 0 aliphatic carbocycles. The summed E-state index contributed by atoms with van der Waals surface area (Å²) in [5, 5.41) is 3.09. The number of nitrogens with zero attached hydrogens (tertiary/aromatic N) is 2. The molecular formula is C25H29N3O4. The summed E-state index contributed by atoms with van der Waals surface area (Å²) in [4.78, 5) is 40.5. The molecule has 2 saturated heterocycles. The Kier molecular flexibility index (Phi) is 5.59. The van der Waals surface area contributed by atoms with Gasteiger partial charge in [0.2, 0.25) is 5.91 Å². The third kappa shape index (κ3) is 3.97. The SMILES string of the molecule is CC(=O)N1CCc2c(cn(CCc3ccccc3)c(=O)c2C(=O)N[C@@H]2C[C@@H]3CC[C@H]2O3)C1. The van der Waals surface area contributed by atoms with Gasteiger partial charge in [0, 0.05) is 32.8 Å². The molecular weight excluding hydrogens is 406 g/mol. The highest BCUT2D eigenvalue weighted by molar-refractivity contribution is 5.96. The zero-order valence-corrected chi connectivity index (χ0v) is 18.4. The molecule has 7 heteroatoms. The normalized spacial score (nSPS) is 23.8. The first-order valence-corrected chi connectivity index (χ1v) is 11.5. The first-order valence-electron chi connectivity index (χ1n) is 11.5. The largest absolute Gasteiger partial charge is 0.373 e. The van der Waals surface area contributed by atoms with Crippen LogP contribution in [0.15, 0.2) is 41.3 Å². The summed E-state index contributed by atoms with van der Waals surface area (Å²) >= 11 is 0. The Morgan fingerprint density at radius 3 is 2.69 bits per heavy atom. The summed E-state index contributed by atoms with van der Waals surface area (Å²) < 4.78 is 7.51. The first kappa shape index (κ1) is 20.9. The van der Waals surface area contributed by atoms with Gasteiger partial charge in [0.1, 0.15) is 5.56 Å². The maximum absolute atomic E-state index is 13.4. The van der Waals surface area contributed by atoms with Crippen molar-refractivity contribution in [3.05, 3.63) is 69.1 Å². The Hall–Kier alpha value is -2.93. The summed E-state index contributed by atoms with van der Waals surface area (Å²) in [6.07, 6.45) is 6.14. The molecule has 3 atom stereocenters. The minimum atomic E-state index is -0.308. The average molecular weight is 436 g/mol. The van der Waals surface area contributed by atoms with E-state index < -0.39 is 0 Å². The molecule has 3 aliphatic heterocycles. The fourth-order valence-electron chi connectivity index (χ4n) is 5.30. The molecule has 0 radical (unpaired) electrons. The molecule has 1 aromatic carbocycles. The van der Waals surface area contributed by atoms with E-state index in [9.17, 15) is 14.4 Å². The molecule has 0 spiro atoms. The lowest BCUT2D eigenvalue weighted by atomic mass is 9.93. The zero-order valence-electron chi connectivity index (χ0n) is 18.4. The first-order chi connectivity index (χ1) is 15.5. The highest BCUT2D eigenvalue weighted by Crippen LogP contribution is 2.34. The minimum Gasteiger partial charge on any atom is -0.373 e. The second kappa shape index (κ2) is 8.54. The van der Waals surface area contributed by atoms with Gasteiger partial charge in [-0.05, 0) is 48.8 Å². The van der Waals surface area contributed by atoms with Gasteiger partial charge in [0.05, 0.1) is 18.2 Å². The van der Waals surface area contributed by atoms with Gasteiger partial charge in [-0.2, -0.15) is 0 Å². The van der Waals surface area contributed by atoms with E-state index >= 15 is 0 Å². The van der Waals surface area contributed by atoms with Gasteiger partial charge >= 0.3 is 0 Å². The molecule has 4 heterocycles. The van der Waals surface area contributed by atoms with E-state index in [1.54, 1.807) is 16.4 Å². The van der Waals surface area contributed by atoms with Crippen LogP contribution in [-0.4, -0.2) is 46.1 Å². The third-order valence-electron chi connectivity index (χ3n) is 7.05. The minimum absolute atomic E-state index is 0.00261. The smallest absolute Gasteiger partial charge is 0.263 e. The highest BCUT2D eigenvalue weighted by Gasteiger charge is 2.42. The Balaban J connectivity index is 1.46. The van der Waals surface area contributed by atoms with Crippen LogP contribution >= 0.6 is 0 Å². The van der Waals surface area contributed by atoms with Crippen molar-refractivity contribution in [1.82, 2.24) is 14.8 Å². The van der Waals surface area contributed by atoms with Crippen LogP contribution in [0.4, 0.5) is 0 Å². The van der Waals surface area contributed by atoms with E-state index in [-0.39, 0.29) is 41.2 Å². The van der Waals surface area contributed by atoms with Crippen LogP contribution in [0, 0.1) is 0 Å². The van der Waals surface area contributed by atoms with Crippen LogP contribution < -0.4 is 10.9 Å². The number of rotatable bonds is 5. The second-order valence-corrected chi connectivity index (χ2v) is 9.12. The number of pyridine rings is 1. The number of aromatic nitrogens is 1. The Morgan fingerprint density at radius 2 is 2.00 bits per heavy atom. The van der Waals surface area contributed by atoms with E-state index in [1.807, 2.05) is 36.5 Å². The van der Waals surface area contributed by atoms with E-state index in [0.29, 0.717) is 32.5 Å². The number of carbonyl (C=O) groups is 2. The molecule has 2 amide bonds. The molecule has 2 fully saturated rings. The fraction of sp³-hybridized carbons (Fsp3) is 0.480. The molecule has 168 valence electrons. The van der Waals surface area contributed by atoms with Gasteiger partial charge < -0.3 is 19.5 Å². The maximum atomic E-state index is 13.4. The van der Waals surface area contributed by atoms with Crippen LogP contribution in [-0.2, 0) is 35.5 Å². The van der Waals surface area contributed by atoms with Crippen molar-refractivity contribution in [2.75, 3.05) is 6.54 Å². The molecule has 0 unspecified atom stereocenters. The number of fused-ring (bicyclic) bond motifs is 3. The summed E-state index contributed by atoms with van der Waals surface area (Å²) in [7, 11) is 0. The van der Waals surface area contributed by atoms with E-state index in [2.05, 4.69) is 5.32 Å². The molecule has 0 saturated carbocycles. The summed E-state index contributed by atoms with van der Waals surface area (Å²) in [6.45, 7) is 2.98. The number of benzene rings is 1. The molecule has 1 N–H and O–H groups in total. The van der Waals surface area contributed by atoms with Crippen LogP contribution in [0.25, 0.3) is 0 Å². The Morgan fingerprint density at radius 1 is 1.19 bits per heavy atom. The van der Waals surface area contributed by atoms with Crippen molar-refractivity contribution in [3.8, 4) is 0 Å². The van der Waals surface area contributed by atoms with Crippen LogP contribution in [0.2, 0.25) is 0 Å². The molecule has 2 bridgehead atoms. The molecule has 5 rings (SSSR count). The van der Waals surface area contributed by atoms with Crippen molar-refractivity contribution >= 4 is 11.8 Å². The van der Waals surface area contributed by atoms with Crippen molar-refractivity contribution in [1.29, 1.82) is 0 Å². The van der Waals surface area contributed by atoms with Crippen LogP contribution in [0.3, 0.4) is 0 Å². The number of carbonyl (C=O) groups excluding carboxylic acids is 2. The quantitative estimate of drug-likeness (QED) is 0.780. The van der Waals surface area contributed by atoms with E-state index in [4.69, 9.17) is 4.74 Å². The van der Waals surface area contributed by atoms with Gasteiger partial charge in [-0.1, -0.05) is 30.3 Å². The molecule has 3 aliphatic rings. The summed E-state index contributed by atoms with van der Waals surface area (Å²) in [5.41, 5.74) is 2.78. The molecule has 2 aromatic rings. The number of aryl methyl sites for hydroxylation is 2. The van der Waals surface area contributed by atoms with Crippen molar-refractivity contribution in [2.45, 2.75) is 70.4 Å². The predicted molar refractivity (Wildman–Crippen MR) is 119 cm³/mol. The van der Waals surface area contributed by atoms with Crippen molar-refractivity contribution in [2.24, 2.45) is 0 Å². The lowest BCUT2D eigenvalue weighted by molar-refractivity contribution is -0.129. The predicted octanol–water partition coefficient (Wildman–Crippen LogP) is 2.05. The van der Waals surface area contributed by atoms with E-state index in [0.717, 1.165) is 36.0 Å². The number of hydrogen-bond donors (Lipinski definition) is 1. The van der Waals surface area contributed by atoms with Crippen LogP contribution in [0.1, 0.15) is 53.2 Å². The number of hydrogen-bond acceptors (Lipinski definition) is 4. The van der Waals surface area contributed by atoms with Gasteiger partial charge in [0.15, 0.2) is 0 Å². The lowest BCUT2D eigenvalue weighted by Crippen LogP contribution is -2.45. The fourth-order valence-corrected chi connectivity index (χ4v) is 5.30. The Labute approximate surface area is 187 Å². The number of amides is 2. The summed E-state index contributed by atoms with van der Waals surface area (Å²) in [5.74, 6) is -0.305. The Bertz CT molecular complexity index is 1090. The topological polar surface area (TPSA) is 80.6 Å². The number of nitrogens with one attached hydrogen (secondary N) is 1. The van der Waals surface area contributed by atoms with E-state index in [1.165, 1.54) is 0 Å². The second-order valence-electron chi connectivity index (χ2n) is 9.12. The van der Waals surface area contributed by atoms with Crippen molar-refractivity contribution < 1.29 is 14.3 Å².